The predicted octanol–water partition coefficient (Wildman–Crippen LogP) is 3.73. The highest BCUT2D eigenvalue weighted by molar-refractivity contribution is 9.10. The molecule has 5 aliphatic rings. The Bertz CT molecular complexity index is 707. The summed E-state index contributed by atoms with van der Waals surface area (Å²) in [6.45, 7) is 1.75. The second-order valence-electron chi connectivity index (χ2n) is 8.22. The van der Waals surface area contributed by atoms with Gasteiger partial charge in [-0.2, -0.15) is 0 Å². The van der Waals surface area contributed by atoms with Crippen molar-refractivity contribution in [2.24, 2.45) is 5.92 Å². The van der Waals surface area contributed by atoms with Crippen LogP contribution in [0.4, 0.5) is 0 Å². The summed E-state index contributed by atoms with van der Waals surface area (Å²) in [6.07, 6.45) is 4.67. The monoisotopic (exact) mass is 436 g/mol. The number of carbonyl (C=O) groups excluding carboxylic acids is 1. The lowest BCUT2D eigenvalue weighted by Crippen LogP contribution is -2.69. The SMILES string of the molecule is O=C1C(Br)[C@]2(OCc3ccccc3)CC[C@H]1C1(CCC3(CC1)OCCO3)O2. The Morgan fingerprint density at radius 2 is 1.74 bits per heavy atom. The zero-order chi connectivity index (χ0) is 18.5. The fourth-order valence-electron chi connectivity index (χ4n) is 5.29. The Kier molecular flexibility index (Phi) is 4.48. The Hall–Kier alpha value is -0.790. The zero-order valence-corrected chi connectivity index (χ0v) is 16.9. The smallest absolute Gasteiger partial charge is 0.188 e. The number of hydrogen-bond acceptors (Lipinski definition) is 5. The summed E-state index contributed by atoms with van der Waals surface area (Å²) in [5.74, 6) is -1.18. The average molecular weight is 437 g/mol. The van der Waals surface area contributed by atoms with Gasteiger partial charge in [-0.1, -0.05) is 46.3 Å². The highest BCUT2D eigenvalue weighted by atomic mass is 79.9. The molecule has 3 atom stereocenters. The molecule has 146 valence electrons. The van der Waals surface area contributed by atoms with Crippen LogP contribution in [0.3, 0.4) is 0 Å². The van der Waals surface area contributed by atoms with Crippen molar-refractivity contribution in [3.8, 4) is 0 Å². The van der Waals surface area contributed by atoms with Crippen LogP contribution in [-0.4, -0.2) is 41.0 Å². The molecule has 5 nitrogen and oxygen atoms in total. The molecule has 0 aromatic heterocycles. The van der Waals surface area contributed by atoms with E-state index < -0.39 is 22.0 Å². The lowest BCUT2D eigenvalue weighted by molar-refractivity contribution is -0.354. The van der Waals surface area contributed by atoms with E-state index in [1.165, 1.54) is 0 Å². The summed E-state index contributed by atoms with van der Waals surface area (Å²) in [5, 5.41) is 0. The zero-order valence-electron chi connectivity index (χ0n) is 15.3. The standard InChI is InChI=1S/C21H25BrO5/c22-18-17(23)16-6-7-21(18,26-14-15-4-2-1-3-5-15)27-19(16)8-10-20(11-9-19)24-12-13-25-20/h1-5,16,18H,6-14H2/t16-,18?,21+/m1/s1. The Morgan fingerprint density at radius 3 is 2.44 bits per heavy atom. The van der Waals surface area contributed by atoms with Crippen molar-refractivity contribution in [3.63, 3.8) is 0 Å². The third kappa shape index (κ3) is 2.92. The summed E-state index contributed by atoms with van der Waals surface area (Å²) in [7, 11) is 0. The third-order valence-electron chi connectivity index (χ3n) is 6.77. The maximum absolute atomic E-state index is 13.1. The Morgan fingerprint density at radius 1 is 1.04 bits per heavy atom. The number of ether oxygens (including phenoxy) is 4. The fourth-order valence-corrected chi connectivity index (χ4v) is 6.07. The quantitative estimate of drug-likeness (QED) is 0.675. The van der Waals surface area contributed by atoms with Crippen LogP contribution in [0.2, 0.25) is 0 Å². The van der Waals surface area contributed by atoms with Crippen molar-refractivity contribution in [1.82, 2.24) is 0 Å². The van der Waals surface area contributed by atoms with E-state index in [0.717, 1.165) is 44.1 Å². The molecule has 1 aromatic carbocycles. The minimum atomic E-state index is -0.885. The molecular formula is C21H25BrO5. The van der Waals surface area contributed by atoms with Gasteiger partial charge >= 0.3 is 0 Å². The second kappa shape index (κ2) is 6.63. The molecule has 6 heteroatoms. The summed E-state index contributed by atoms with van der Waals surface area (Å²) in [6, 6.07) is 10.0. The van der Waals surface area contributed by atoms with Crippen LogP contribution in [-0.2, 0) is 30.3 Å². The van der Waals surface area contributed by atoms with Gasteiger partial charge in [-0.15, -0.1) is 0 Å². The Balaban J connectivity index is 1.37. The van der Waals surface area contributed by atoms with Crippen LogP contribution in [0.5, 0.6) is 0 Å². The van der Waals surface area contributed by atoms with Crippen LogP contribution in [0.15, 0.2) is 30.3 Å². The second-order valence-corrected chi connectivity index (χ2v) is 9.13. The van der Waals surface area contributed by atoms with E-state index in [1.807, 2.05) is 30.3 Å². The van der Waals surface area contributed by atoms with Gasteiger partial charge in [0.1, 0.15) is 4.83 Å². The molecule has 6 rings (SSSR count). The lowest BCUT2D eigenvalue weighted by atomic mass is 9.63. The number of alkyl halides is 1. The van der Waals surface area contributed by atoms with Crippen LogP contribution in [0, 0.1) is 5.92 Å². The number of fused-ring (bicyclic) bond motifs is 2. The molecule has 3 saturated heterocycles. The van der Waals surface area contributed by atoms with E-state index in [9.17, 15) is 4.79 Å². The normalized spacial score (nSPS) is 36.6. The van der Waals surface area contributed by atoms with Gasteiger partial charge in [-0.05, 0) is 24.8 Å². The van der Waals surface area contributed by atoms with Crippen molar-refractivity contribution in [3.05, 3.63) is 35.9 Å². The summed E-state index contributed by atoms with van der Waals surface area (Å²) < 4.78 is 24.8. The van der Waals surface area contributed by atoms with Gasteiger partial charge in [0.2, 0.25) is 0 Å². The van der Waals surface area contributed by atoms with E-state index >= 15 is 0 Å². The summed E-state index contributed by atoms with van der Waals surface area (Å²) >= 11 is 3.60. The highest BCUT2D eigenvalue weighted by Crippen LogP contribution is 2.57. The molecule has 0 N–H and O–H groups in total. The van der Waals surface area contributed by atoms with Crippen molar-refractivity contribution in [2.45, 2.75) is 67.1 Å². The first-order valence-electron chi connectivity index (χ1n) is 9.90. The van der Waals surface area contributed by atoms with Crippen LogP contribution < -0.4 is 0 Å². The van der Waals surface area contributed by atoms with Crippen LogP contribution in [0.25, 0.3) is 0 Å². The van der Waals surface area contributed by atoms with Crippen molar-refractivity contribution in [2.75, 3.05) is 13.2 Å². The third-order valence-corrected chi connectivity index (χ3v) is 7.92. The first-order valence-corrected chi connectivity index (χ1v) is 10.8. The van der Waals surface area contributed by atoms with Gasteiger partial charge in [0, 0.05) is 25.2 Å². The van der Waals surface area contributed by atoms with E-state index in [1.54, 1.807) is 0 Å². The van der Waals surface area contributed by atoms with Gasteiger partial charge < -0.3 is 18.9 Å². The van der Waals surface area contributed by atoms with E-state index in [4.69, 9.17) is 18.9 Å². The van der Waals surface area contributed by atoms with Crippen molar-refractivity contribution in [1.29, 1.82) is 0 Å². The molecule has 3 aliphatic heterocycles. The van der Waals surface area contributed by atoms with E-state index in [-0.39, 0.29) is 11.7 Å². The van der Waals surface area contributed by atoms with Crippen LogP contribution in [0.1, 0.15) is 44.1 Å². The highest BCUT2D eigenvalue weighted by Gasteiger charge is 2.66. The predicted molar refractivity (Wildman–Crippen MR) is 101 cm³/mol. The number of carbonyl (C=O) groups is 1. The number of Topliss-reactive ketones (excluding diaryl/α,β-unsaturated/α-hetero) is 1. The molecule has 5 fully saturated rings. The van der Waals surface area contributed by atoms with Gasteiger partial charge in [0.25, 0.3) is 0 Å². The summed E-state index contributed by atoms with van der Waals surface area (Å²) in [5.41, 5.74) is 0.636. The fraction of sp³-hybridized carbons (Fsp3) is 0.667. The molecule has 2 spiro atoms. The molecule has 0 amide bonds. The maximum Gasteiger partial charge on any atom is 0.188 e. The lowest BCUT2D eigenvalue weighted by Gasteiger charge is -2.60. The number of halogens is 1. The van der Waals surface area contributed by atoms with Gasteiger partial charge in [-0.3, -0.25) is 4.79 Å². The molecular weight excluding hydrogens is 412 g/mol. The maximum atomic E-state index is 13.1. The average Bonchev–Trinajstić information content (AvgIpc) is 3.17. The molecule has 3 heterocycles. The minimum Gasteiger partial charge on any atom is -0.348 e. The molecule has 1 unspecified atom stereocenters. The first-order chi connectivity index (χ1) is 13.1. The number of benzene rings is 1. The number of rotatable bonds is 3. The first kappa shape index (κ1) is 18.3. The van der Waals surface area contributed by atoms with Crippen LogP contribution >= 0.6 is 15.9 Å². The molecule has 27 heavy (non-hydrogen) atoms. The van der Waals surface area contributed by atoms with E-state index in [2.05, 4.69) is 15.9 Å². The molecule has 2 aliphatic carbocycles. The molecule has 1 aromatic rings. The molecule has 2 saturated carbocycles. The molecule has 0 radical (unpaired) electrons. The number of ketones is 1. The minimum absolute atomic E-state index is 0.0668. The van der Waals surface area contributed by atoms with E-state index in [0.29, 0.717) is 19.8 Å². The van der Waals surface area contributed by atoms with Crippen molar-refractivity contribution >= 4 is 21.7 Å². The number of hydrogen-bond donors (Lipinski definition) is 0. The van der Waals surface area contributed by atoms with Gasteiger partial charge in [-0.25, -0.2) is 0 Å². The van der Waals surface area contributed by atoms with Gasteiger partial charge in [0.15, 0.2) is 17.4 Å². The Labute approximate surface area is 167 Å². The topological polar surface area (TPSA) is 54.0 Å². The molecule has 2 bridgehead atoms. The largest absolute Gasteiger partial charge is 0.348 e. The van der Waals surface area contributed by atoms with Crippen molar-refractivity contribution < 1.29 is 23.7 Å². The summed E-state index contributed by atoms with van der Waals surface area (Å²) in [4.78, 5) is 12.7. The van der Waals surface area contributed by atoms with Gasteiger partial charge in [0.05, 0.1) is 25.4 Å².